The molecule has 0 aromatic heterocycles. The quantitative estimate of drug-likeness (QED) is 0.887. The number of piperidine rings is 1. The number of carboxylic acids is 1. The second kappa shape index (κ2) is 7.59. The molecular formula is C15H16ClF2NO4. The van der Waals surface area contributed by atoms with Crippen molar-refractivity contribution in [1.82, 2.24) is 4.90 Å². The van der Waals surface area contributed by atoms with Gasteiger partial charge in [-0.25, -0.2) is 0 Å². The van der Waals surface area contributed by atoms with Gasteiger partial charge in [0, 0.05) is 24.5 Å². The van der Waals surface area contributed by atoms with Crippen molar-refractivity contribution in [3.8, 4) is 5.75 Å². The van der Waals surface area contributed by atoms with Gasteiger partial charge in [0.25, 0.3) is 5.91 Å². The highest BCUT2D eigenvalue weighted by Crippen LogP contribution is 2.28. The summed E-state index contributed by atoms with van der Waals surface area (Å²) < 4.78 is 29.3. The highest BCUT2D eigenvalue weighted by molar-refractivity contribution is 6.31. The van der Waals surface area contributed by atoms with Crippen LogP contribution in [0.25, 0.3) is 0 Å². The minimum atomic E-state index is -3.04. The zero-order valence-electron chi connectivity index (χ0n) is 12.2. The highest BCUT2D eigenvalue weighted by atomic mass is 35.5. The lowest BCUT2D eigenvalue weighted by atomic mass is 9.93. The molecule has 1 aromatic rings. The van der Waals surface area contributed by atoms with Crippen molar-refractivity contribution in [3.05, 3.63) is 28.8 Å². The molecule has 0 bridgehead atoms. The molecule has 126 valence electrons. The molecule has 0 radical (unpaired) electrons. The molecule has 8 heteroatoms. The minimum Gasteiger partial charge on any atom is -0.481 e. The molecule has 1 aliphatic heterocycles. The zero-order valence-corrected chi connectivity index (χ0v) is 12.9. The third kappa shape index (κ3) is 4.79. The Morgan fingerprint density at radius 2 is 2.00 bits per heavy atom. The van der Waals surface area contributed by atoms with Crippen molar-refractivity contribution in [2.24, 2.45) is 5.92 Å². The first-order valence-electron chi connectivity index (χ1n) is 7.12. The summed E-state index contributed by atoms with van der Waals surface area (Å²) in [6.07, 6.45) is 1.19. The Kier molecular flexibility index (Phi) is 5.76. The average Bonchev–Trinajstić information content (AvgIpc) is 2.48. The van der Waals surface area contributed by atoms with Crippen molar-refractivity contribution in [2.75, 3.05) is 13.1 Å². The molecule has 0 saturated carbocycles. The second-order valence-electron chi connectivity index (χ2n) is 5.35. The van der Waals surface area contributed by atoms with E-state index in [0.29, 0.717) is 25.9 Å². The highest BCUT2D eigenvalue weighted by Gasteiger charge is 2.27. The number of carbonyl (C=O) groups excluding carboxylic acids is 1. The number of hydrogen-bond donors (Lipinski definition) is 1. The third-order valence-electron chi connectivity index (χ3n) is 3.75. The SMILES string of the molecule is O=C(O)CC1CCN(C(=O)c2cc(Cl)ccc2OC(F)F)CC1. The molecule has 0 unspecified atom stereocenters. The fourth-order valence-corrected chi connectivity index (χ4v) is 2.80. The molecule has 1 fully saturated rings. The van der Waals surface area contributed by atoms with Crippen LogP contribution in [0.4, 0.5) is 8.78 Å². The van der Waals surface area contributed by atoms with Crippen LogP contribution >= 0.6 is 11.6 Å². The molecule has 0 spiro atoms. The summed E-state index contributed by atoms with van der Waals surface area (Å²) in [5.41, 5.74) is -0.0190. The standard InChI is InChI=1S/C15H16ClF2NO4/c16-10-1-2-12(23-15(17)18)11(8-10)14(22)19-5-3-9(4-6-19)7-13(20)21/h1-2,8-9,15H,3-7H2,(H,20,21). The van der Waals surface area contributed by atoms with E-state index in [1.165, 1.54) is 23.1 Å². The molecule has 0 atom stereocenters. The molecule has 2 rings (SSSR count). The van der Waals surface area contributed by atoms with Gasteiger partial charge in [0.1, 0.15) is 5.75 Å². The van der Waals surface area contributed by atoms with E-state index >= 15 is 0 Å². The molecule has 1 amide bonds. The Hall–Kier alpha value is -1.89. The Morgan fingerprint density at radius 3 is 2.57 bits per heavy atom. The summed E-state index contributed by atoms with van der Waals surface area (Å²) in [4.78, 5) is 24.7. The number of carbonyl (C=O) groups is 2. The van der Waals surface area contributed by atoms with Gasteiger partial charge in [-0.05, 0) is 37.0 Å². The summed E-state index contributed by atoms with van der Waals surface area (Å²) in [7, 11) is 0. The molecule has 1 aromatic carbocycles. The van der Waals surface area contributed by atoms with Gasteiger partial charge < -0.3 is 14.7 Å². The number of ether oxygens (including phenoxy) is 1. The lowest BCUT2D eigenvalue weighted by molar-refractivity contribution is -0.138. The number of hydrogen-bond acceptors (Lipinski definition) is 3. The second-order valence-corrected chi connectivity index (χ2v) is 5.79. The van der Waals surface area contributed by atoms with Crippen LogP contribution in [0.3, 0.4) is 0 Å². The van der Waals surface area contributed by atoms with Crippen LogP contribution in [0.5, 0.6) is 5.75 Å². The number of benzene rings is 1. The minimum absolute atomic E-state index is 0.0190. The summed E-state index contributed by atoms with van der Waals surface area (Å²) in [5.74, 6) is -1.51. The van der Waals surface area contributed by atoms with Crippen LogP contribution in [0.2, 0.25) is 5.02 Å². The van der Waals surface area contributed by atoms with Gasteiger partial charge in [0.15, 0.2) is 0 Å². The maximum atomic E-state index is 12.5. The van der Waals surface area contributed by atoms with Crippen LogP contribution in [0, 0.1) is 5.92 Å². The van der Waals surface area contributed by atoms with Gasteiger partial charge in [-0.1, -0.05) is 11.6 Å². The number of likely N-dealkylation sites (tertiary alicyclic amines) is 1. The third-order valence-corrected chi connectivity index (χ3v) is 3.99. The van der Waals surface area contributed by atoms with Gasteiger partial charge >= 0.3 is 12.6 Å². The van der Waals surface area contributed by atoms with Gasteiger partial charge in [-0.2, -0.15) is 8.78 Å². The fourth-order valence-electron chi connectivity index (χ4n) is 2.63. The molecule has 1 heterocycles. The van der Waals surface area contributed by atoms with Gasteiger partial charge in [0.05, 0.1) is 5.56 Å². The largest absolute Gasteiger partial charge is 0.481 e. The Morgan fingerprint density at radius 1 is 1.35 bits per heavy atom. The number of alkyl halides is 2. The first-order chi connectivity index (χ1) is 10.9. The predicted molar refractivity (Wildman–Crippen MR) is 79.0 cm³/mol. The average molecular weight is 348 g/mol. The lowest BCUT2D eigenvalue weighted by Gasteiger charge is -2.31. The maximum absolute atomic E-state index is 12.5. The van der Waals surface area contributed by atoms with Crippen LogP contribution in [-0.4, -0.2) is 41.6 Å². The predicted octanol–water partition coefficient (Wildman–Crippen LogP) is 3.27. The van der Waals surface area contributed by atoms with Crippen molar-refractivity contribution in [3.63, 3.8) is 0 Å². The van der Waals surface area contributed by atoms with Crippen molar-refractivity contribution < 1.29 is 28.2 Å². The van der Waals surface area contributed by atoms with Crippen molar-refractivity contribution in [2.45, 2.75) is 25.9 Å². The molecular weight excluding hydrogens is 332 g/mol. The first kappa shape index (κ1) is 17.5. The number of carboxylic acid groups (broad SMARTS) is 1. The fraction of sp³-hybridized carbons (Fsp3) is 0.467. The Balaban J connectivity index is 2.09. The normalized spacial score (nSPS) is 15.7. The van der Waals surface area contributed by atoms with Crippen LogP contribution in [-0.2, 0) is 4.79 Å². The van der Waals surface area contributed by atoms with E-state index < -0.39 is 18.5 Å². The van der Waals surface area contributed by atoms with Gasteiger partial charge in [-0.15, -0.1) is 0 Å². The van der Waals surface area contributed by atoms with E-state index in [1.54, 1.807) is 0 Å². The van der Waals surface area contributed by atoms with Crippen LogP contribution in [0.15, 0.2) is 18.2 Å². The summed E-state index contributed by atoms with van der Waals surface area (Å²) in [6.45, 7) is -2.29. The van der Waals surface area contributed by atoms with Crippen molar-refractivity contribution in [1.29, 1.82) is 0 Å². The summed E-state index contributed by atoms with van der Waals surface area (Å²) in [6, 6.07) is 3.90. The van der Waals surface area contributed by atoms with Crippen LogP contribution < -0.4 is 4.74 Å². The zero-order chi connectivity index (χ0) is 17.0. The first-order valence-corrected chi connectivity index (χ1v) is 7.50. The van der Waals surface area contributed by atoms with Crippen molar-refractivity contribution >= 4 is 23.5 Å². The Labute approximate surface area is 136 Å². The molecule has 5 nitrogen and oxygen atoms in total. The van der Waals surface area contributed by atoms with E-state index in [1.807, 2.05) is 0 Å². The summed E-state index contributed by atoms with van der Waals surface area (Å²) in [5, 5.41) is 9.03. The topological polar surface area (TPSA) is 66.8 Å². The smallest absolute Gasteiger partial charge is 0.387 e. The van der Waals surface area contributed by atoms with Gasteiger partial charge in [0.2, 0.25) is 0 Å². The molecule has 1 N–H and O–H groups in total. The number of amides is 1. The molecule has 23 heavy (non-hydrogen) atoms. The summed E-state index contributed by atoms with van der Waals surface area (Å²) >= 11 is 5.84. The van der Waals surface area contributed by atoms with E-state index in [9.17, 15) is 18.4 Å². The van der Waals surface area contributed by atoms with Crippen LogP contribution in [0.1, 0.15) is 29.6 Å². The maximum Gasteiger partial charge on any atom is 0.387 e. The number of halogens is 3. The monoisotopic (exact) mass is 347 g/mol. The van der Waals surface area contributed by atoms with E-state index in [-0.39, 0.29) is 28.7 Å². The molecule has 1 saturated heterocycles. The Bertz CT molecular complexity index is 589. The lowest BCUT2D eigenvalue weighted by Crippen LogP contribution is -2.39. The number of rotatable bonds is 5. The van der Waals surface area contributed by atoms with E-state index in [2.05, 4.69) is 4.74 Å². The molecule has 1 aliphatic rings. The van der Waals surface area contributed by atoms with E-state index in [4.69, 9.17) is 16.7 Å². The molecule has 0 aliphatic carbocycles. The van der Waals surface area contributed by atoms with Gasteiger partial charge in [-0.3, -0.25) is 9.59 Å². The van der Waals surface area contributed by atoms with E-state index in [0.717, 1.165) is 0 Å². The number of nitrogens with zero attached hydrogens (tertiary/aromatic N) is 1. The number of aliphatic carboxylic acids is 1.